The molecule has 0 spiro atoms. The Morgan fingerprint density at radius 2 is 2.29 bits per heavy atom. The number of hydrogen-bond acceptors (Lipinski definition) is 2. The highest BCUT2D eigenvalue weighted by Gasteiger charge is 2.00. The average molecular weight is 196 g/mol. The van der Waals surface area contributed by atoms with Crippen LogP contribution >= 0.6 is 0 Å². The van der Waals surface area contributed by atoms with Gasteiger partial charge >= 0.3 is 5.97 Å². The van der Waals surface area contributed by atoms with Gasteiger partial charge in [0.05, 0.1) is 7.11 Å². The number of aliphatic carboxylic acids is 1. The van der Waals surface area contributed by atoms with Crippen molar-refractivity contribution in [3.63, 3.8) is 0 Å². The number of carbonyl (C=O) groups is 1. The molecule has 0 aromatic heterocycles. The zero-order valence-electron chi connectivity index (χ0n) is 7.53. The molecule has 0 aliphatic heterocycles. The SMILES string of the molecule is COc1ccc(C=CC(=O)O)c(F)c1. The van der Waals surface area contributed by atoms with Gasteiger partial charge in [-0.1, -0.05) is 0 Å². The molecule has 0 saturated heterocycles. The van der Waals surface area contributed by atoms with Crippen LogP contribution in [0.1, 0.15) is 5.56 Å². The van der Waals surface area contributed by atoms with E-state index in [1.54, 1.807) is 6.07 Å². The minimum Gasteiger partial charge on any atom is -0.497 e. The van der Waals surface area contributed by atoms with Gasteiger partial charge < -0.3 is 9.84 Å². The lowest BCUT2D eigenvalue weighted by molar-refractivity contribution is -0.131. The Labute approximate surface area is 80.4 Å². The molecule has 0 aliphatic carbocycles. The summed E-state index contributed by atoms with van der Waals surface area (Å²) < 4.78 is 18.0. The van der Waals surface area contributed by atoms with Gasteiger partial charge in [-0.15, -0.1) is 0 Å². The van der Waals surface area contributed by atoms with Crippen molar-refractivity contribution < 1.29 is 19.0 Å². The van der Waals surface area contributed by atoms with E-state index in [4.69, 9.17) is 9.84 Å². The number of rotatable bonds is 3. The van der Waals surface area contributed by atoms with Crippen LogP contribution in [0.25, 0.3) is 6.08 Å². The van der Waals surface area contributed by atoms with E-state index >= 15 is 0 Å². The van der Waals surface area contributed by atoms with Crippen LogP contribution in [0.3, 0.4) is 0 Å². The van der Waals surface area contributed by atoms with E-state index in [9.17, 15) is 9.18 Å². The molecular weight excluding hydrogens is 187 g/mol. The molecule has 3 nitrogen and oxygen atoms in total. The van der Waals surface area contributed by atoms with Crippen LogP contribution in [0.2, 0.25) is 0 Å². The zero-order valence-corrected chi connectivity index (χ0v) is 7.53. The third-order valence-corrected chi connectivity index (χ3v) is 1.61. The lowest BCUT2D eigenvalue weighted by Crippen LogP contribution is -1.89. The predicted octanol–water partition coefficient (Wildman–Crippen LogP) is 1.93. The van der Waals surface area contributed by atoms with Crippen molar-refractivity contribution in [1.82, 2.24) is 0 Å². The highest BCUT2D eigenvalue weighted by Crippen LogP contribution is 2.17. The van der Waals surface area contributed by atoms with E-state index in [0.29, 0.717) is 5.75 Å². The van der Waals surface area contributed by atoms with E-state index in [-0.39, 0.29) is 5.56 Å². The maximum absolute atomic E-state index is 13.2. The third-order valence-electron chi connectivity index (χ3n) is 1.61. The van der Waals surface area contributed by atoms with Gasteiger partial charge in [0.25, 0.3) is 0 Å². The maximum Gasteiger partial charge on any atom is 0.328 e. The van der Waals surface area contributed by atoms with Crippen molar-refractivity contribution in [2.75, 3.05) is 7.11 Å². The van der Waals surface area contributed by atoms with E-state index in [2.05, 4.69) is 0 Å². The average Bonchev–Trinajstić information content (AvgIpc) is 2.15. The number of hydrogen-bond donors (Lipinski definition) is 1. The molecule has 1 N–H and O–H groups in total. The van der Waals surface area contributed by atoms with Gasteiger partial charge in [-0.3, -0.25) is 0 Å². The summed E-state index contributed by atoms with van der Waals surface area (Å²) in [6.45, 7) is 0. The molecule has 0 atom stereocenters. The predicted molar refractivity (Wildman–Crippen MR) is 49.6 cm³/mol. The monoisotopic (exact) mass is 196 g/mol. The van der Waals surface area contributed by atoms with Crippen molar-refractivity contribution in [1.29, 1.82) is 0 Å². The van der Waals surface area contributed by atoms with Crippen molar-refractivity contribution in [2.45, 2.75) is 0 Å². The number of carboxylic acids is 1. The second-order valence-corrected chi connectivity index (χ2v) is 2.56. The maximum atomic E-state index is 13.2. The molecule has 0 heterocycles. The van der Waals surface area contributed by atoms with E-state index in [1.807, 2.05) is 0 Å². The molecule has 4 heteroatoms. The summed E-state index contributed by atoms with van der Waals surface area (Å²) in [5.74, 6) is -1.22. The lowest BCUT2D eigenvalue weighted by atomic mass is 10.2. The second kappa shape index (κ2) is 4.41. The molecule has 0 unspecified atom stereocenters. The van der Waals surface area contributed by atoms with E-state index in [1.165, 1.54) is 25.3 Å². The zero-order chi connectivity index (χ0) is 10.6. The summed E-state index contributed by atoms with van der Waals surface area (Å²) in [5, 5.41) is 8.33. The number of ether oxygens (including phenoxy) is 1. The molecule has 14 heavy (non-hydrogen) atoms. The molecule has 0 amide bonds. The molecule has 1 aromatic carbocycles. The third kappa shape index (κ3) is 2.58. The van der Waals surface area contributed by atoms with E-state index in [0.717, 1.165) is 6.08 Å². The summed E-state index contributed by atoms with van der Waals surface area (Å²) >= 11 is 0. The standard InChI is InChI=1S/C10H9FO3/c1-14-8-4-2-7(9(11)6-8)3-5-10(12)13/h2-6H,1H3,(H,12,13). The van der Waals surface area contributed by atoms with Crippen molar-refractivity contribution in [3.8, 4) is 5.75 Å². The smallest absolute Gasteiger partial charge is 0.328 e. The van der Waals surface area contributed by atoms with Crippen LogP contribution in [0.4, 0.5) is 4.39 Å². The molecule has 1 aromatic rings. The van der Waals surface area contributed by atoms with Gasteiger partial charge in [0.2, 0.25) is 0 Å². The first-order valence-corrected chi connectivity index (χ1v) is 3.88. The fourth-order valence-corrected chi connectivity index (χ4v) is 0.931. The number of methoxy groups -OCH3 is 1. The molecule has 0 radical (unpaired) electrons. The molecular formula is C10H9FO3. The van der Waals surface area contributed by atoms with Crippen LogP contribution < -0.4 is 4.74 Å². The summed E-state index contributed by atoms with van der Waals surface area (Å²) in [7, 11) is 1.43. The van der Waals surface area contributed by atoms with Gasteiger partial charge in [-0.05, 0) is 18.2 Å². The van der Waals surface area contributed by atoms with Crippen molar-refractivity contribution in [3.05, 3.63) is 35.7 Å². The fraction of sp³-hybridized carbons (Fsp3) is 0.100. The molecule has 0 saturated carbocycles. The van der Waals surface area contributed by atoms with Crippen LogP contribution in [0.5, 0.6) is 5.75 Å². The minimum atomic E-state index is -1.11. The van der Waals surface area contributed by atoms with Crippen LogP contribution in [0, 0.1) is 5.82 Å². The highest BCUT2D eigenvalue weighted by molar-refractivity contribution is 5.85. The molecule has 0 aliphatic rings. The highest BCUT2D eigenvalue weighted by atomic mass is 19.1. The largest absolute Gasteiger partial charge is 0.497 e. The summed E-state index contributed by atoms with van der Waals surface area (Å²) in [6.07, 6.45) is 2.07. The molecule has 0 bridgehead atoms. The first-order chi connectivity index (χ1) is 6.63. The number of benzene rings is 1. The van der Waals surface area contributed by atoms with Crippen molar-refractivity contribution in [2.24, 2.45) is 0 Å². The topological polar surface area (TPSA) is 46.5 Å². The summed E-state index contributed by atoms with van der Waals surface area (Å²) in [5.41, 5.74) is 0.216. The Kier molecular flexibility index (Phi) is 3.23. The Morgan fingerprint density at radius 1 is 1.57 bits per heavy atom. The van der Waals surface area contributed by atoms with Gasteiger partial charge in [0.1, 0.15) is 11.6 Å². The molecule has 0 fully saturated rings. The second-order valence-electron chi connectivity index (χ2n) is 2.56. The number of carboxylic acid groups (broad SMARTS) is 1. The van der Waals surface area contributed by atoms with E-state index < -0.39 is 11.8 Å². The minimum absolute atomic E-state index is 0.216. The Hall–Kier alpha value is -1.84. The number of halogens is 1. The first-order valence-electron chi connectivity index (χ1n) is 3.88. The molecule has 74 valence electrons. The van der Waals surface area contributed by atoms with Gasteiger partial charge in [-0.2, -0.15) is 0 Å². The lowest BCUT2D eigenvalue weighted by Gasteiger charge is -2.00. The normalized spacial score (nSPS) is 10.4. The fourth-order valence-electron chi connectivity index (χ4n) is 0.931. The van der Waals surface area contributed by atoms with Gasteiger partial charge in [0, 0.05) is 17.7 Å². The Bertz CT molecular complexity index is 372. The summed E-state index contributed by atoms with van der Waals surface area (Å²) in [6, 6.07) is 4.21. The van der Waals surface area contributed by atoms with Gasteiger partial charge in [0.15, 0.2) is 0 Å². The van der Waals surface area contributed by atoms with Crippen LogP contribution in [-0.4, -0.2) is 18.2 Å². The Morgan fingerprint density at radius 3 is 2.79 bits per heavy atom. The summed E-state index contributed by atoms with van der Waals surface area (Å²) in [4.78, 5) is 10.2. The van der Waals surface area contributed by atoms with Gasteiger partial charge in [-0.25, -0.2) is 9.18 Å². The van der Waals surface area contributed by atoms with Crippen molar-refractivity contribution >= 4 is 12.0 Å². The van der Waals surface area contributed by atoms with Crippen LogP contribution in [-0.2, 0) is 4.79 Å². The quantitative estimate of drug-likeness (QED) is 0.751. The first kappa shape index (κ1) is 10.2. The Balaban J connectivity index is 2.94. The molecule has 1 rings (SSSR count). The van der Waals surface area contributed by atoms with Crippen LogP contribution in [0.15, 0.2) is 24.3 Å².